The Morgan fingerprint density at radius 1 is 1.04 bits per heavy atom. The summed E-state index contributed by atoms with van der Waals surface area (Å²) < 4.78 is 65.4. The Balaban J connectivity index is 2.12. The maximum absolute atomic E-state index is 13.9. The van der Waals surface area contributed by atoms with Gasteiger partial charge in [-0.3, -0.25) is 4.79 Å². The summed E-state index contributed by atoms with van der Waals surface area (Å²) in [4.78, 5) is 11.9. The molecule has 2 aromatic rings. The van der Waals surface area contributed by atoms with Crippen LogP contribution in [0.3, 0.4) is 0 Å². The fourth-order valence-electron chi connectivity index (χ4n) is 2.33. The van der Waals surface area contributed by atoms with Crippen LogP contribution in [-0.2, 0) is 11.0 Å². The van der Waals surface area contributed by atoms with Gasteiger partial charge in [0.05, 0.1) is 16.8 Å². The lowest BCUT2D eigenvalue weighted by molar-refractivity contribution is -0.137. The topological polar surface area (TPSA) is 29.1 Å². The van der Waals surface area contributed by atoms with E-state index in [4.69, 9.17) is 0 Å². The lowest BCUT2D eigenvalue weighted by Gasteiger charge is -2.07. The highest BCUT2D eigenvalue weighted by molar-refractivity contribution is 6.35. The van der Waals surface area contributed by atoms with E-state index in [0.717, 1.165) is 24.3 Å². The number of alkyl halides is 3. The van der Waals surface area contributed by atoms with Crippen LogP contribution in [0.1, 0.15) is 16.7 Å². The van der Waals surface area contributed by atoms with Crippen LogP contribution in [0, 0.1) is 11.6 Å². The minimum Gasteiger partial charge on any atom is -0.321 e. The molecule has 23 heavy (non-hydrogen) atoms. The number of nitrogens with one attached hydrogen (secondary N) is 1. The normalized spacial score (nSPS) is 15.7. The number of hydrogen-bond donors (Lipinski definition) is 1. The summed E-state index contributed by atoms with van der Waals surface area (Å²) in [5.74, 6) is -3.07. The number of halogens is 5. The fraction of sp³-hybridized carbons (Fsp3) is 0.0625. The first-order valence-corrected chi connectivity index (χ1v) is 6.46. The van der Waals surface area contributed by atoms with Gasteiger partial charge >= 0.3 is 6.18 Å². The number of carbonyl (C=O) groups is 1. The Kier molecular flexibility index (Phi) is 3.43. The molecular weight excluding hydrogens is 317 g/mol. The average Bonchev–Trinajstić information content (AvgIpc) is 2.79. The first-order chi connectivity index (χ1) is 10.8. The SMILES string of the molecule is O=C1Nc2ccc(F)c(F)c2C1=Cc1cccc(C(F)(F)F)c1. The van der Waals surface area contributed by atoms with E-state index in [1.54, 1.807) is 0 Å². The molecule has 1 N–H and O–H groups in total. The average molecular weight is 325 g/mol. The van der Waals surface area contributed by atoms with Gasteiger partial charge in [-0.25, -0.2) is 8.78 Å². The van der Waals surface area contributed by atoms with Crippen molar-refractivity contribution in [1.29, 1.82) is 0 Å². The third-order valence-corrected chi connectivity index (χ3v) is 3.38. The molecule has 118 valence electrons. The molecule has 0 aromatic heterocycles. The second kappa shape index (κ2) is 5.19. The highest BCUT2D eigenvalue weighted by Crippen LogP contribution is 2.37. The number of hydrogen-bond acceptors (Lipinski definition) is 1. The quantitative estimate of drug-likeness (QED) is 0.608. The summed E-state index contributed by atoms with van der Waals surface area (Å²) in [6.07, 6.45) is -3.44. The molecular formula is C16H8F5NO. The highest BCUT2D eigenvalue weighted by atomic mass is 19.4. The van der Waals surface area contributed by atoms with Gasteiger partial charge in [-0.2, -0.15) is 13.2 Å². The lowest BCUT2D eigenvalue weighted by atomic mass is 10.0. The van der Waals surface area contributed by atoms with Gasteiger partial charge in [-0.05, 0) is 35.9 Å². The van der Waals surface area contributed by atoms with Crippen molar-refractivity contribution in [2.75, 3.05) is 5.32 Å². The Morgan fingerprint density at radius 3 is 2.48 bits per heavy atom. The summed E-state index contributed by atoms with van der Waals surface area (Å²) in [6.45, 7) is 0. The maximum Gasteiger partial charge on any atom is 0.416 e. The van der Waals surface area contributed by atoms with Crippen LogP contribution in [-0.4, -0.2) is 5.91 Å². The predicted octanol–water partition coefficient (Wildman–Crippen LogP) is 4.48. The molecule has 3 rings (SSSR count). The zero-order valence-corrected chi connectivity index (χ0v) is 11.3. The van der Waals surface area contributed by atoms with E-state index in [-0.39, 0.29) is 22.4 Å². The Labute approximate surface area is 127 Å². The second-order valence-corrected chi connectivity index (χ2v) is 4.92. The molecule has 0 radical (unpaired) electrons. The number of benzene rings is 2. The first-order valence-electron chi connectivity index (χ1n) is 6.46. The number of amides is 1. The van der Waals surface area contributed by atoms with E-state index in [9.17, 15) is 26.7 Å². The molecule has 0 saturated heterocycles. The molecule has 2 nitrogen and oxygen atoms in total. The predicted molar refractivity (Wildman–Crippen MR) is 74.3 cm³/mol. The molecule has 0 spiro atoms. The van der Waals surface area contributed by atoms with Crippen molar-refractivity contribution >= 4 is 23.2 Å². The number of anilines is 1. The van der Waals surface area contributed by atoms with E-state index in [0.29, 0.717) is 0 Å². The molecule has 0 fully saturated rings. The van der Waals surface area contributed by atoms with Gasteiger partial charge in [0.15, 0.2) is 11.6 Å². The van der Waals surface area contributed by atoms with Gasteiger partial charge in [-0.15, -0.1) is 0 Å². The molecule has 0 atom stereocenters. The van der Waals surface area contributed by atoms with E-state index < -0.39 is 29.3 Å². The summed E-state index contributed by atoms with van der Waals surface area (Å²) >= 11 is 0. The van der Waals surface area contributed by atoms with Crippen molar-refractivity contribution in [1.82, 2.24) is 0 Å². The number of fused-ring (bicyclic) bond motifs is 1. The number of carbonyl (C=O) groups excluding carboxylic acids is 1. The third kappa shape index (κ3) is 2.69. The van der Waals surface area contributed by atoms with Crippen LogP contribution < -0.4 is 5.32 Å². The van der Waals surface area contributed by atoms with Gasteiger partial charge in [0.25, 0.3) is 5.91 Å². The van der Waals surface area contributed by atoms with Crippen molar-refractivity contribution in [2.45, 2.75) is 6.18 Å². The fourth-order valence-corrected chi connectivity index (χ4v) is 2.33. The highest BCUT2D eigenvalue weighted by Gasteiger charge is 2.31. The lowest BCUT2D eigenvalue weighted by Crippen LogP contribution is -2.05. The monoisotopic (exact) mass is 325 g/mol. The molecule has 0 bridgehead atoms. The van der Waals surface area contributed by atoms with Crippen molar-refractivity contribution in [3.8, 4) is 0 Å². The van der Waals surface area contributed by atoms with Crippen LogP contribution in [0.15, 0.2) is 36.4 Å². The molecule has 1 aliphatic heterocycles. The van der Waals surface area contributed by atoms with Crippen molar-refractivity contribution in [2.24, 2.45) is 0 Å². The largest absolute Gasteiger partial charge is 0.416 e. The smallest absolute Gasteiger partial charge is 0.321 e. The summed E-state index contributed by atoms with van der Waals surface area (Å²) in [5, 5.41) is 2.34. The second-order valence-electron chi connectivity index (χ2n) is 4.92. The molecule has 1 amide bonds. The van der Waals surface area contributed by atoms with Gasteiger partial charge in [0.2, 0.25) is 0 Å². The Bertz CT molecular complexity index is 839. The molecule has 1 heterocycles. The molecule has 0 aliphatic carbocycles. The van der Waals surface area contributed by atoms with Crippen LogP contribution >= 0.6 is 0 Å². The maximum atomic E-state index is 13.9. The van der Waals surface area contributed by atoms with Gasteiger partial charge in [0.1, 0.15) is 0 Å². The third-order valence-electron chi connectivity index (χ3n) is 3.38. The first kappa shape index (κ1) is 15.2. The molecule has 1 aliphatic rings. The summed E-state index contributed by atoms with van der Waals surface area (Å²) in [7, 11) is 0. The van der Waals surface area contributed by atoms with Crippen molar-refractivity contribution in [3.05, 3.63) is 64.7 Å². The molecule has 0 unspecified atom stereocenters. The van der Waals surface area contributed by atoms with E-state index in [2.05, 4.69) is 5.32 Å². The minimum absolute atomic E-state index is 0.0569. The molecule has 7 heteroatoms. The Hall–Kier alpha value is -2.70. The van der Waals surface area contributed by atoms with E-state index >= 15 is 0 Å². The van der Waals surface area contributed by atoms with Crippen LogP contribution in [0.2, 0.25) is 0 Å². The van der Waals surface area contributed by atoms with Crippen LogP contribution in [0.4, 0.5) is 27.6 Å². The zero-order valence-electron chi connectivity index (χ0n) is 11.3. The van der Waals surface area contributed by atoms with Gasteiger partial charge < -0.3 is 5.32 Å². The summed E-state index contributed by atoms with van der Waals surface area (Å²) in [6, 6.07) is 6.27. The van der Waals surface area contributed by atoms with Gasteiger partial charge in [0, 0.05) is 5.56 Å². The molecule has 0 saturated carbocycles. The van der Waals surface area contributed by atoms with Crippen molar-refractivity contribution in [3.63, 3.8) is 0 Å². The number of rotatable bonds is 1. The minimum atomic E-state index is -4.54. The summed E-state index contributed by atoms with van der Waals surface area (Å²) in [5.41, 5.74) is -1.28. The van der Waals surface area contributed by atoms with Gasteiger partial charge in [-0.1, -0.05) is 12.1 Å². The molecule has 2 aromatic carbocycles. The standard InChI is InChI=1S/C16H8F5NO/c17-11-4-5-12-13(14(11)18)10(15(23)22-12)7-8-2-1-3-9(6-8)16(19,20)21/h1-7H,(H,22,23). The van der Waals surface area contributed by atoms with Crippen molar-refractivity contribution < 1.29 is 26.7 Å². The Morgan fingerprint density at radius 2 is 1.78 bits per heavy atom. The zero-order chi connectivity index (χ0) is 16.8. The van der Waals surface area contributed by atoms with Crippen LogP contribution in [0.5, 0.6) is 0 Å². The van der Waals surface area contributed by atoms with E-state index in [1.165, 1.54) is 18.2 Å². The van der Waals surface area contributed by atoms with E-state index in [1.807, 2.05) is 0 Å². The van der Waals surface area contributed by atoms with Crippen LogP contribution in [0.25, 0.3) is 11.6 Å².